The fourth-order valence-corrected chi connectivity index (χ4v) is 3.23. The standard InChI is InChI=1S/C19H18Cl2N2O/c1-12(2)11-23-17-8-7-13(20)9-15(17)19(22-10-18(23)24)14-5-3-4-6-16(14)21/h3-9,12H,10-11H2,1-2H3. The molecule has 0 spiro atoms. The number of hydrogen-bond donors (Lipinski definition) is 0. The Bertz CT molecular complexity index is 815. The highest BCUT2D eigenvalue weighted by atomic mass is 35.5. The third kappa shape index (κ3) is 3.33. The Kier molecular flexibility index (Phi) is 4.93. The van der Waals surface area contributed by atoms with Gasteiger partial charge in [0.2, 0.25) is 5.91 Å². The predicted molar refractivity (Wildman–Crippen MR) is 101 cm³/mol. The maximum atomic E-state index is 12.6. The van der Waals surface area contributed by atoms with Gasteiger partial charge in [0.15, 0.2) is 0 Å². The van der Waals surface area contributed by atoms with E-state index in [0.29, 0.717) is 28.2 Å². The second-order valence-corrected chi connectivity index (χ2v) is 7.05. The number of nitrogens with zero attached hydrogens (tertiary/aromatic N) is 2. The van der Waals surface area contributed by atoms with E-state index < -0.39 is 0 Å². The Balaban J connectivity index is 2.20. The number of aliphatic imine (C=N–C) groups is 1. The molecular formula is C19H18Cl2N2O. The molecule has 1 aliphatic heterocycles. The Morgan fingerprint density at radius 1 is 1.12 bits per heavy atom. The number of fused-ring (bicyclic) bond motifs is 1. The van der Waals surface area contributed by atoms with Crippen LogP contribution in [0.25, 0.3) is 0 Å². The van der Waals surface area contributed by atoms with Gasteiger partial charge >= 0.3 is 0 Å². The highest BCUT2D eigenvalue weighted by Gasteiger charge is 2.26. The van der Waals surface area contributed by atoms with Crippen molar-refractivity contribution in [2.24, 2.45) is 10.9 Å². The molecule has 0 bridgehead atoms. The second kappa shape index (κ2) is 6.96. The van der Waals surface area contributed by atoms with Crippen molar-refractivity contribution in [2.75, 3.05) is 18.0 Å². The average molecular weight is 361 g/mol. The quantitative estimate of drug-likeness (QED) is 0.771. The molecule has 0 aromatic heterocycles. The van der Waals surface area contributed by atoms with Gasteiger partial charge < -0.3 is 4.90 Å². The first kappa shape index (κ1) is 17.0. The number of halogens is 2. The van der Waals surface area contributed by atoms with Crippen LogP contribution < -0.4 is 4.90 Å². The van der Waals surface area contributed by atoms with E-state index in [2.05, 4.69) is 18.8 Å². The molecule has 1 aliphatic rings. The highest BCUT2D eigenvalue weighted by molar-refractivity contribution is 6.36. The van der Waals surface area contributed by atoms with Crippen LogP contribution in [-0.2, 0) is 4.79 Å². The summed E-state index contributed by atoms with van der Waals surface area (Å²) in [4.78, 5) is 19.0. The van der Waals surface area contributed by atoms with Crippen molar-refractivity contribution in [1.29, 1.82) is 0 Å². The fraction of sp³-hybridized carbons (Fsp3) is 0.263. The Hall–Kier alpha value is -1.84. The van der Waals surface area contributed by atoms with Gasteiger partial charge in [-0.2, -0.15) is 0 Å². The van der Waals surface area contributed by atoms with E-state index in [0.717, 1.165) is 16.8 Å². The maximum Gasteiger partial charge on any atom is 0.248 e. The molecule has 0 N–H and O–H groups in total. The lowest BCUT2D eigenvalue weighted by molar-refractivity contribution is -0.117. The van der Waals surface area contributed by atoms with Crippen molar-refractivity contribution in [1.82, 2.24) is 0 Å². The fourth-order valence-electron chi connectivity index (χ4n) is 2.83. The number of hydrogen-bond acceptors (Lipinski definition) is 2. The van der Waals surface area contributed by atoms with Crippen molar-refractivity contribution in [3.05, 3.63) is 63.6 Å². The summed E-state index contributed by atoms with van der Waals surface area (Å²) in [5, 5.41) is 1.21. The zero-order valence-electron chi connectivity index (χ0n) is 13.6. The highest BCUT2D eigenvalue weighted by Crippen LogP contribution is 2.31. The van der Waals surface area contributed by atoms with Crippen molar-refractivity contribution in [3.63, 3.8) is 0 Å². The normalized spacial score (nSPS) is 14.5. The third-order valence-electron chi connectivity index (χ3n) is 3.85. The molecule has 0 unspecified atom stereocenters. The minimum atomic E-state index is -0.0191. The lowest BCUT2D eigenvalue weighted by atomic mass is 9.99. The van der Waals surface area contributed by atoms with Gasteiger partial charge in [-0.15, -0.1) is 0 Å². The molecule has 0 atom stereocenters. The zero-order chi connectivity index (χ0) is 17.3. The molecule has 124 valence electrons. The molecule has 3 nitrogen and oxygen atoms in total. The number of amides is 1. The smallest absolute Gasteiger partial charge is 0.248 e. The lowest BCUT2D eigenvalue weighted by Crippen LogP contribution is -2.35. The second-order valence-electron chi connectivity index (χ2n) is 6.20. The number of benzodiazepines with no additional fused rings is 1. The van der Waals surface area contributed by atoms with Gasteiger partial charge in [0.05, 0.1) is 11.4 Å². The number of carbonyl (C=O) groups excluding carboxylic acids is 1. The van der Waals surface area contributed by atoms with Gasteiger partial charge in [-0.3, -0.25) is 9.79 Å². The summed E-state index contributed by atoms with van der Waals surface area (Å²) >= 11 is 12.6. The predicted octanol–water partition coefficient (Wildman–Crippen LogP) is 4.83. The van der Waals surface area contributed by atoms with Gasteiger partial charge in [-0.25, -0.2) is 0 Å². The lowest BCUT2D eigenvalue weighted by Gasteiger charge is -2.25. The van der Waals surface area contributed by atoms with Crippen LogP contribution in [0.15, 0.2) is 47.5 Å². The first-order valence-corrected chi connectivity index (χ1v) is 8.62. The van der Waals surface area contributed by atoms with E-state index >= 15 is 0 Å². The van der Waals surface area contributed by atoms with E-state index in [4.69, 9.17) is 23.2 Å². The van der Waals surface area contributed by atoms with Gasteiger partial charge in [0.1, 0.15) is 6.54 Å². The summed E-state index contributed by atoms with van der Waals surface area (Å²) in [5.41, 5.74) is 3.18. The molecular weight excluding hydrogens is 343 g/mol. The van der Waals surface area contributed by atoms with Crippen LogP contribution in [0.3, 0.4) is 0 Å². The molecule has 0 radical (unpaired) electrons. The largest absolute Gasteiger partial charge is 0.310 e. The molecule has 24 heavy (non-hydrogen) atoms. The molecule has 2 aromatic rings. The minimum Gasteiger partial charge on any atom is -0.310 e. The number of rotatable bonds is 3. The molecule has 3 rings (SSSR count). The third-order valence-corrected chi connectivity index (χ3v) is 4.42. The SMILES string of the molecule is CC(C)CN1C(=O)CN=C(c2ccccc2Cl)c2cc(Cl)ccc21. The van der Waals surface area contributed by atoms with Crippen molar-refractivity contribution < 1.29 is 4.79 Å². The Morgan fingerprint density at radius 3 is 2.58 bits per heavy atom. The van der Waals surface area contributed by atoms with Crippen LogP contribution in [0.2, 0.25) is 10.0 Å². The number of anilines is 1. The van der Waals surface area contributed by atoms with E-state index in [1.165, 1.54) is 0 Å². The molecule has 1 heterocycles. The van der Waals surface area contributed by atoms with Crippen LogP contribution in [-0.4, -0.2) is 24.7 Å². The summed E-state index contributed by atoms with van der Waals surface area (Å²) in [6.45, 7) is 4.91. The van der Waals surface area contributed by atoms with E-state index in [1.807, 2.05) is 36.4 Å². The minimum absolute atomic E-state index is 0.0191. The first-order chi connectivity index (χ1) is 11.5. The van der Waals surface area contributed by atoms with Crippen molar-refractivity contribution in [3.8, 4) is 0 Å². The average Bonchev–Trinajstić information content (AvgIpc) is 2.66. The summed E-state index contributed by atoms with van der Waals surface area (Å²) in [6.07, 6.45) is 0. The molecule has 0 saturated heterocycles. The molecule has 0 fully saturated rings. The molecule has 2 aromatic carbocycles. The Labute approximate surface area is 151 Å². The van der Waals surface area contributed by atoms with Gasteiger partial charge in [0.25, 0.3) is 0 Å². The van der Waals surface area contributed by atoms with Crippen LogP contribution in [0.4, 0.5) is 5.69 Å². The summed E-state index contributed by atoms with van der Waals surface area (Å²) in [5.74, 6) is 0.327. The van der Waals surface area contributed by atoms with E-state index in [-0.39, 0.29) is 12.5 Å². The molecule has 0 aliphatic carbocycles. The number of benzene rings is 2. The van der Waals surface area contributed by atoms with Gasteiger partial charge in [-0.1, -0.05) is 55.2 Å². The summed E-state index contributed by atoms with van der Waals surface area (Å²) < 4.78 is 0. The van der Waals surface area contributed by atoms with E-state index in [9.17, 15) is 4.79 Å². The van der Waals surface area contributed by atoms with Crippen LogP contribution in [0.5, 0.6) is 0 Å². The molecule has 1 amide bonds. The van der Waals surface area contributed by atoms with Crippen molar-refractivity contribution >= 4 is 40.5 Å². The first-order valence-electron chi connectivity index (χ1n) is 7.87. The Morgan fingerprint density at radius 2 is 1.88 bits per heavy atom. The summed E-state index contributed by atoms with van der Waals surface area (Å²) in [6, 6.07) is 13.1. The topological polar surface area (TPSA) is 32.7 Å². The van der Waals surface area contributed by atoms with Crippen LogP contribution in [0, 0.1) is 5.92 Å². The molecule has 5 heteroatoms. The van der Waals surface area contributed by atoms with Crippen LogP contribution in [0.1, 0.15) is 25.0 Å². The van der Waals surface area contributed by atoms with Crippen molar-refractivity contribution in [2.45, 2.75) is 13.8 Å². The van der Waals surface area contributed by atoms with E-state index in [1.54, 1.807) is 11.0 Å². The monoisotopic (exact) mass is 360 g/mol. The zero-order valence-corrected chi connectivity index (χ0v) is 15.1. The summed E-state index contributed by atoms with van der Waals surface area (Å²) in [7, 11) is 0. The van der Waals surface area contributed by atoms with Gasteiger partial charge in [-0.05, 0) is 30.2 Å². The van der Waals surface area contributed by atoms with Gasteiger partial charge in [0, 0.05) is 27.7 Å². The number of carbonyl (C=O) groups is 1. The molecule has 0 saturated carbocycles. The van der Waals surface area contributed by atoms with Crippen LogP contribution >= 0.6 is 23.2 Å². The maximum absolute atomic E-state index is 12.6.